The smallest absolute Gasteiger partial charge is 0.141 e. The first-order valence-corrected chi connectivity index (χ1v) is 6.92. The zero-order valence-corrected chi connectivity index (χ0v) is 11.8. The first kappa shape index (κ1) is 15.2. The summed E-state index contributed by atoms with van der Waals surface area (Å²) >= 11 is 5.71. The summed E-state index contributed by atoms with van der Waals surface area (Å²) in [6.07, 6.45) is 4.25. The summed E-state index contributed by atoms with van der Waals surface area (Å²) in [7, 11) is 0. The summed E-state index contributed by atoms with van der Waals surface area (Å²) in [6, 6.07) is 4.50. The molecule has 3 heteroatoms. The van der Waals surface area contributed by atoms with Gasteiger partial charge < -0.3 is 0 Å². The molecule has 0 aliphatic carbocycles. The van der Waals surface area contributed by atoms with Crippen LogP contribution in [0.3, 0.4) is 0 Å². The lowest BCUT2D eigenvalue weighted by Gasteiger charge is -2.14. The van der Waals surface area contributed by atoms with Crippen molar-refractivity contribution in [1.29, 1.82) is 0 Å². The van der Waals surface area contributed by atoms with E-state index in [4.69, 9.17) is 11.6 Å². The van der Waals surface area contributed by atoms with E-state index in [0.717, 1.165) is 31.2 Å². The minimum Gasteiger partial charge on any atom is -0.299 e. The van der Waals surface area contributed by atoms with Gasteiger partial charge in [-0.25, -0.2) is 4.39 Å². The molecule has 0 fully saturated rings. The van der Waals surface area contributed by atoms with Crippen molar-refractivity contribution in [1.82, 2.24) is 0 Å². The van der Waals surface area contributed by atoms with Crippen molar-refractivity contribution < 1.29 is 9.18 Å². The molecule has 0 bridgehead atoms. The number of halogens is 2. The third-order valence-corrected chi connectivity index (χ3v) is 3.38. The van der Waals surface area contributed by atoms with Gasteiger partial charge in [-0.3, -0.25) is 4.79 Å². The van der Waals surface area contributed by atoms with Crippen LogP contribution in [0.15, 0.2) is 18.2 Å². The van der Waals surface area contributed by atoms with Gasteiger partial charge in [-0.05, 0) is 30.5 Å². The van der Waals surface area contributed by atoms with Crippen LogP contribution < -0.4 is 0 Å². The van der Waals surface area contributed by atoms with Gasteiger partial charge in [0.25, 0.3) is 0 Å². The van der Waals surface area contributed by atoms with Gasteiger partial charge in [-0.1, -0.05) is 44.4 Å². The Morgan fingerprint density at radius 3 is 2.39 bits per heavy atom. The lowest BCUT2D eigenvalue weighted by molar-refractivity contribution is -0.122. The Kier molecular flexibility index (Phi) is 6.34. The SMILES string of the molecule is CCCC(CCC)C(=O)Cc1ccc(F)c(Cl)c1. The molecule has 0 amide bonds. The number of carbonyl (C=O) groups is 1. The van der Waals surface area contributed by atoms with Gasteiger partial charge in [0.05, 0.1) is 5.02 Å². The van der Waals surface area contributed by atoms with E-state index >= 15 is 0 Å². The molecular formula is C15H20ClFO. The molecule has 0 heterocycles. The molecule has 1 aromatic carbocycles. The van der Waals surface area contributed by atoms with Crippen molar-refractivity contribution >= 4 is 17.4 Å². The van der Waals surface area contributed by atoms with Gasteiger partial charge in [0, 0.05) is 12.3 Å². The second-order valence-corrected chi connectivity index (χ2v) is 5.07. The Bertz CT molecular complexity index is 397. The molecule has 0 aliphatic rings. The number of rotatable bonds is 7. The fourth-order valence-corrected chi connectivity index (χ4v) is 2.36. The molecule has 0 saturated carbocycles. The second-order valence-electron chi connectivity index (χ2n) is 4.67. The van der Waals surface area contributed by atoms with Crippen molar-refractivity contribution in [3.63, 3.8) is 0 Å². The van der Waals surface area contributed by atoms with Crippen LogP contribution in [-0.4, -0.2) is 5.78 Å². The largest absolute Gasteiger partial charge is 0.299 e. The molecular weight excluding hydrogens is 251 g/mol. The number of hydrogen-bond acceptors (Lipinski definition) is 1. The second kappa shape index (κ2) is 7.52. The highest BCUT2D eigenvalue weighted by atomic mass is 35.5. The van der Waals surface area contributed by atoms with Crippen LogP contribution >= 0.6 is 11.6 Å². The third kappa shape index (κ3) is 4.41. The van der Waals surface area contributed by atoms with Crippen LogP contribution in [0, 0.1) is 11.7 Å². The summed E-state index contributed by atoms with van der Waals surface area (Å²) in [5.74, 6) is -0.0725. The summed E-state index contributed by atoms with van der Waals surface area (Å²) in [5.41, 5.74) is 0.795. The van der Waals surface area contributed by atoms with Crippen molar-refractivity contribution in [3.05, 3.63) is 34.6 Å². The standard InChI is InChI=1S/C15H20ClFO/c1-3-5-12(6-4-2)15(18)10-11-7-8-14(17)13(16)9-11/h7-9,12H,3-6,10H2,1-2H3. The third-order valence-electron chi connectivity index (χ3n) is 3.09. The normalized spacial score (nSPS) is 10.9. The van der Waals surface area contributed by atoms with E-state index < -0.39 is 5.82 Å². The number of hydrogen-bond donors (Lipinski definition) is 0. The predicted molar refractivity (Wildman–Crippen MR) is 73.4 cm³/mol. The van der Waals surface area contributed by atoms with Crippen LogP contribution in [0.2, 0.25) is 5.02 Å². The maximum Gasteiger partial charge on any atom is 0.141 e. The maximum atomic E-state index is 13.0. The van der Waals surface area contributed by atoms with E-state index in [2.05, 4.69) is 13.8 Å². The van der Waals surface area contributed by atoms with E-state index in [1.54, 1.807) is 12.1 Å². The highest BCUT2D eigenvalue weighted by Crippen LogP contribution is 2.20. The Labute approximate surface area is 113 Å². The topological polar surface area (TPSA) is 17.1 Å². The minimum absolute atomic E-state index is 0.0860. The lowest BCUT2D eigenvalue weighted by Crippen LogP contribution is -2.16. The van der Waals surface area contributed by atoms with Gasteiger partial charge in [0.15, 0.2) is 0 Å². The van der Waals surface area contributed by atoms with Gasteiger partial charge in [-0.15, -0.1) is 0 Å². The molecule has 0 aliphatic heterocycles. The molecule has 0 spiro atoms. The average Bonchev–Trinajstić information content (AvgIpc) is 2.33. The Morgan fingerprint density at radius 1 is 1.28 bits per heavy atom. The Morgan fingerprint density at radius 2 is 1.89 bits per heavy atom. The summed E-state index contributed by atoms with van der Waals surface area (Å²) in [6.45, 7) is 4.18. The predicted octanol–water partition coefficient (Wildman–Crippen LogP) is 4.81. The number of Topliss-reactive ketones (excluding diaryl/α,β-unsaturated/α-hetero) is 1. The zero-order valence-electron chi connectivity index (χ0n) is 11.0. The summed E-state index contributed by atoms with van der Waals surface area (Å²) < 4.78 is 13.0. The monoisotopic (exact) mass is 270 g/mol. The molecule has 0 saturated heterocycles. The molecule has 100 valence electrons. The zero-order chi connectivity index (χ0) is 13.5. The average molecular weight is 271 g/mol. The quantitative estimate of drug-likeness (QED) is 0.695. The van der Waals surface area contributed by atoms with Gasteiger partial charge >= 0.3 is 0 Å². The lowest BCUT2D eigenvalue weighted by atomic mass is 9.90. The molecule has 0 unspecified atom stereocenters. The molecule has 1 rings (SSSR count). The first-order valence-electron chi connectivity index (χ1n) is 6.55. The van der Waals surface area contributed by atoms with Crippen LogP contribution in [-0.2, 0) is 11.2 Å². The van der Waals surface area contributed by atoms with Gasteiger partial charge in [0.2, 0.25) is 0 Å². The fourth-order valence-electron chi connectivity index (χ4n) is 2.16. The number of benzene rings is 1. The summed E-state index contributed by atoms with van der Waals surface area (Å²) in [4.78, 5) is 12.2. The molecule has 0 atom stereocenters. The molecule has 18 heavy (non-hydrogen) atoms. The van der Waals surface area contributed by atoms with Crippen LogP contribution in [0.25, 0.3) is 0 Å². The van der Waals surface area contributed by atoms with Crippen molar-refractivity contribution in [2.24, 2.45) is 5.92 Å². The first-order chi connectivity index (χ1) is 8.58. The Balaban J connectivity index is 2.69. The molecule has 1 nitrogen and oxygen atoms in total. The fraction of sp³-hybridized carbons (Fsp3) is 0.533. The summed E-state index contributed by atoms with van der Waals surface area (Å²) in [5, 5.41) is 0.0860. The van der Waals surface area contributed by atoms with Crippen LogP contribution in [0.1, 0.15) is 45.1 Å². The van der Waals surface area contributed by atoms with Crippen molar-refractivity contribution in [2.45, 2.75) is 46.0 Å². The van der Waals surface area contributed by atoms with E-state index in [0.29, 0.717) is 6.42 Å². The van der Waals surface area contributed by atoms with E-state index in [-0.39, 0.29) is 16.7 Å². The molecule has 0 aromatic heterocycles. The highest BCUT2D eigenvalue weighted by molar-refractivity contribution is 6.30. The van der Waals surface area contributed by atoms with Gasteiger partial charge in [-0.2, -0.15) is 0 Å². The Hall–Kier alpha value is -0.890. The number of carbonyl (C=O) groups excluding carboxylic acids is 1. The van der Waals surface area contributed by atoms with Crippen LogP contribution in [0.5, 0.6) is 0 Å². The number of ketones is 1. The molecule has 0 radical (unpaired) electrons. The molecule has 0 N–H and O–H groups in total. The highest BCUT2D eigenvalue weighted by Gasteiger charge is 2.17. The maximum absolute atomic E-state index is 13.0. The van der Waals surface area contributed by atoms with Crippen molar-refractivity contribution in [2.75, 3.05) is 0 Å². The van der Waals surface area contributed by atoms with E-state index in [1.165, 1.54) is 6.07 Å². The molecule has 1 aromatic rings. The van der Waals surface area contributed by atoms with E-state index in [1.807, 2.05) is 0 Å². The van der Waals surface area contributed by atoms with E-state index in [9.17, 15) is 9.18 Å². The van der Waals surface area contributed by atoms with Crippen molar-refractivity contribution in [3.8, 4) is 0 Å². The van der Waals surface area contributed by atoms with Crippen LogP contribution in [0.4, 0.5) is 4.39 Å². The minimum atomic E-state index is -0.438. The van der Waals surface area contributed by atoms with Gasteiger partial charge in [0.1, 0.15) is 11.6 Å².